The number of carbonyl (C=O) groups excluding carboxylic acids is 3. The van der Waals surface area contributed by atoms with Crippen LogP contribution in [-0.4, -0.2) is 37.2 Å². The molecule has 0 rings (SSSR count). The van der Waals surface area contributed by atoms with Crippen LogP contribution >= 0.6 is 0 Å². The van der Waals surface area contributed by atoms with Crippen molar-refractivity contribution in [2.75, 3.05) is 13.2 Å². The number of carbonyl (C=O) groups is 3. The van der Waals surface area contributed by atoms with Crippen molar-refractivity contribution in [2.45, 2.75) is 258 Å². The molecule has 65 heavy (non-hydrogen) atoms. The topological polar surface area (TPSA) is 78.9 Å². The number of ether oxygens (including phenoxy) is 3. The summed E-state index contributed by atoms with van der Waals surface area (Å²) in [4.78, 5) is 38.0. The molecule has 6 heteroatoms. The van der Waals surface area contributed by atoms with Crippen molar-refractivity contribution in [2.24, 2.45) is 0 Å². The molecule has 0 saturated carbocycles. The Morgan fingerprint density at radius 3 is 0.969 bits per heavy atom. The fourth-order valence-electron chi connectivity index (χ4n) is 7.32. The summed E-state index contributed by atoms with van der Waals surface area (Å²) in [5, 5.41) is 0. The molecule has 1 atom stereocenters. The van der Waals surface area contributed by atoms with Crippen molar-refractivity contribution in [3.8, 4) is 0 Å². The molecular weight excluding hydrogens is 805 g/mol. The lowest BCUT2D eigenvalue weighted by molar-refractivity contribution is -0.167. The monoisotopic (exact) mass is 905 g/mol. The molecule has 0 bridgehead atoms. The first-order chi connectivity index (χ1) is 32.0. The molecule has 0 aliphatic carbocycles. The Morgan fingerprint density at radius 2 is 0.600 bits per heavy atom. The van der Waals surface area contributed by atoms with Crippen LogP contribution in [0.25, 0.3) is 0 Å². The molecular formula is C59H100O6. The zero-order valence-corrected chi connectivity index (χ0v) is 42.5. The van der Waals surface area contributed by atoms with Gasteiger partial charge in [-0.15, -0.1) is 0 Å². The van der Waals surface area contributed by atoms with Crippen molar-refractivity contribution in [1.29, 1.82) is 0 Å². The van der Waals surface area contributed by atoms with E-state index < -0.39 is 6.10 Å². The van der Waals surface area contributed by atoms with Crippen LogP contribution in [0.4, 0.5) is 0 Å². The fourth-order valence-corrected chi connectivity index (χ4v) is 7.32. The zero-order chi connectivity index (χ0) is 47.2. The lowest BCUT2D eigenvalue weighted by atomic mass is 10.1. The minimum absolute atomic E-state index is 0.0848. The third-order valence-corrected chi connectivity index (χ3v) is 11.4. The maximum atomic E-state index is 12.8. The van der Waals surface area contributed by atoms with Gasteiger partial charge in [-0.1, -0.05) is 221 Å². The van der Waals surface area contributed by atoms with Gasteiger partial charge in [0.25, 0.3) is 0 Å². The molecule has 0 heterocycles. The molecule has 0 fully saturated rings. The number of unbranched alkanes of at least 4 members (excludes halogenated alkanes) is 23. The molecule has 0 amide bonds. The number of allylic oxidation sites excluding steroid dienone is 14. The molecule has 0 aliphatic heterocycles. The normalized spacial score (nSPS) is 12.7. The first-order valence-corrected chi connectivity index (χ1v) is 27.1. The van der Waals surface area contributed by atoms with Crippen molar-refractivity contribution in [3.63, 3.8) is 0 Å². The second-order valence-corrected chi connectivity index (χ2v) is 17.8. The van der Waals surface area contributed by atoms with Gasteiger partial charge in [-0.2, -0.15) is 0 Å². The van der Waals surface area contributed by atoms with Crippen molar-refractivity contribution >= 4 is 17.9 Å². The fraction of sp³-hybridized carbons (Fsp3) is 0.712. The van der Waals surface area contributed by atoms with Gasteiger partial charge in [0, 0.05) is 19.3 Å². The highest BCUT2D eigenvalue weighted by Crippen LogP contribution is 2.14. The summed E-state index contributed by atoms with van der Waals surface area (Å²) in [6, 6.07) is 0. The van der Waals surface area contributed by atoms with E-state index in [9.17, 15) is 14.4 Å². The van der Waals surface area contributed by atoms with Crippen LogP contribution in [-0.2, 0) is 28.6 Å². The molecule has 6 nitrogen and oxygen atoms in total. The largest absolute Gasteiger partial charge is 0.462 e. The third kappa shape index (κ3) is 51.4. The predicted octanol–water partition coefficient (Wildman–Crippen LogP) is 18.0. The van der Waals surface area contributed by atoms with Crippen molar-refractivity contribution in [3.05, 3.63) is 85.1 Å². The Hall–Kier alpha value is -3.41. The predicted molar refractivity (Wildman–Crippen MR) is 279 cm³/mol. The van der Waals surface area contributed by atoms with Crippen LogP contribution in [0, 0.1) is 0 Å². The molecule has 0 aromatic rings. The van der Waals surface area contributed by atoms with Gasteiger partial charge < -0.3 is 14.2 Å². The highest BCUT2D eigenvalue weighted by atomic mass is 16.6. The Morgan fingerprint density at radius 1 is 0.323 bits per heavy atom. The standard InChI is InChI=1S/C59H100O6/c1-4-7-10-13-16-19-21-23-25-26-27-28-29-30-31-32-34-35-37-40-43-46-49-52-58(61)64-55-56(54-63-57(60)51-48-45-42-39-18-15-12-9-6-3)65-59(62)53-50-47-44-41-38-36-33-24-22-20-17-14-11-8-5-2/h7,10,16-17,19-20,23-25,27-28,30-31,33,56H,4-6,8-9,11-15,18,21-22,26,29,32,34-55H2,1-3H3/b10-7-,19-16-,20-17-,25-23-,28-27-,31-30-,33-24-. The summed E-state index contributed by atoms with van der Waals surface area (Å²) in [6.45, 7) is 6.46. The third-order valence-electron chi connectivity index (χ3n) is 11.4. The molecule has 1 unspecified atom stereocenters. The zero-order valence-electron chi connectivity index (χ0n) is 42.5. The van der Waals surface area contributed by atoms with Gasteiger partial charge in [-0.25, -0.2) is 0 Å². The van der Waals surface area contributed by atoms with Crippen molar-refractivity contribution in [1.82, 2.24) is 0 Å². The van der Waals surface area contributed by atoms with Crippen LogP contribution in [0.15, 0.2) is 85.1 Å². The minimum Gasteiger partial charge on any atom is -0.462 e. The highest BCUT2D eigenvalue weighted by Gasteiger charge is 2.19. The van der Waals surface area contributed by atoms with Gasteiger partial charge in [0.1, 0.15) is 13.2 Å². The van der Waals surface area contributed by atoms with Crippen LogP contribution in [0.3, 0.4) is 0 Å². The summed E-state index contributed by atoms with van der Waals surface area (Å²) >= 11 is 0. The van der Waals surface area contributed by atoms with E-state index in [0.29, 0.717) is 19.3 Å². The summed E-state index contributed by atoms with van der Waals surface area (Å²) in [6.07, 6.45) is 68.6. The number of hydrogen-bond donors (Lipinski definition) is 0. The molecule has 0 saturated heterocycles. The molecule has 372 valence electrons. The first-order valence-electron chi connectivity index (χ1n) is 27.1. The van der Waals surface area contributed by atoms with Crippen LogP contribution in [0.5, 0.6) is 0 Å². The second kappa shape index (κ2) is 53.2. The Bertz CT molecular complexity index is 1270. The van der Waals surface area contributed by atoms with Crippen molar-refractivity contribution < 1.29 is 28.6 Å². The Labute approximate surface area is 401 Å². The van der Waals surface area contributed by atoms with Gasteiger partial charge >= 0.3 is 17.9 Å². The Balaban J connectivity index is 4.32. The van der Waals surface area contributed by atoms with E-state index in [2.05, 4.69) is 106 Å². The summed E-state index contributed by atoms with van der Waals surface area (Å²) in [5.74, 6) is -0.911. The molecule has 0 spiro atoms. The summed E-state index contributed by atoms with van der Waals surface area (Å²) in [5.41, 5.74) is 0. The van der Waals surface area contributed by atoms with Crippen LogP contribution in [0.2, 0.25) is 0 Å². The molecule has 0 aromatic heterocycles. The quantitative estimate of drug-likeness (QED) is 0.0262. The van der Waals surface area contributed by atoms with E-state index in [4.69, 9.17) is 14.2 Å². The van der Waals surface area contributed by atoms with E-state index >= 15 is 0 Å². The molecule has 0 radical (unpaired) electrons. The first kappa shape index (κ1) is 61.6. The van der Waals surface area contributed by atoms with Gasteiger partial charge in [0.2, 0.25) is 0 Å². The van der Waals surface area contributed by atoms with Gasteiger partial charge in [-0.05, 0) is 96.3 Å². The highest BCUT2D eigenvalue weighted by molar-refractivity contribution is 5.71. The average molecular weight is 905 g/mol. The smallest absolute Gasteiger partial charge is 0.306 e. The minimum atomic E-state index is -0.786. The van der Waals surface area contributed by atoms with Crippen LogP contribution in [0.1, 0.15) is 252 Å². The van der Waals surface area contributed by atoms with E-state index in [1.54, 1.807) is 0 Å². The summed E-state index contributed by atoms with van der Waals surface area (Å²) in [7, 11) is 0. The number of esters is 3. The lowest BCUT2D eigenvalue weighted by Gasteiger charge is -2.18. The van der Waals surface area contributed by atoms with Crippen LogP contribution < -0.4 is 0 Å². The molecule has 0 aromatic carbocycles. The SMILES string of the molecule is CC/C=C\C/C=C\C/C=C\C/C=C\C/C=C\CCCCCCCCCC(=O)OCC(COC(=O)CCCCCCCCCCC)OC(=O)CCCCCCC/C=C\C/C=C\CCCCC. The van der Waals surface area contributed by atoms with E-state index in [-0.39, 0.29) is 31.1 Å². The van der Waals surface area contributed by atoms with Gasteiger partial charge in [0.15, 0.2) is 6.10 Å². The second-order valence-electron chi connectivity index (χ2n) is 17.8. The number of rotatable bonds is 48. The average Bonchev–Trinajstić information content (AvgIpc) is 3.30. The maximum absolute atomic E-state index is 12.8. The van der Waals surface area contributed by atoms with Gasteiger partial charge in [-0.3, -0.25) is 14.4 Å². The van der Waals surface area contributed by atoms with E-state index in [1.165, 1.54) is 89.9 Å². The molecule has 0 N–H and O–H groups in total. The van der Waals surface area contributed by atoms with Gasteiger partial charge in [0.05, 0.1) is 0 Å². The van der Waals surface area contributed by atoms with E-state index in [1.807, 2.05) is 0 Å². The van der Waals surface area contributed by atoms with E-state index in [0.717, 1.165) is 122 Å². The number of hydrogen-bond acceptors (Lipinski definition) is 6. The lowest BCUT2D eigenvalue weighted by Crippen LogP contribution is -2.30. The Kier molecular flexibility index (Phi) is 50.4. The summed E-state index contributed by atoms with van der Waals surface area (Å²) < 4.78 is 16.8. The molecule has 0 aliphatic rings. The maximum Gasteiger partial charge on any atom is 0.306 e.